The average Bonchev–Trinajstić information content (AvgIpc) is 1.98. The van der Waals surface area contributed by atoms with Crippen LogP contribution in [0.1, 0.15) is 13.3 Å². The average molecular weight is 169 g/mol. The molecule has 0 amide bonds. The molecule has 0 heterocycles. The van der Waals surface area contributed by atoms with E-state index >= 15 is 0 Å². The van der Waals surface area contributed by atoms with Crippen LogP contribution in [0, 0.1) is 0 Å². The number of fused-ring (bicyclic) bond motifs is 1. The number of hydrogen-bond acceptors (Lipinski definition) is 1. The van der Waals surface area contributed by atoms with E-state index in [1.165, 1.54) is 11.1 Å². The fourth-order valence-corrected chi connectivity index (χ4v) is 0.663. The predicted octanol–water partition coefficient (Wildman–Crippen LogP) is 2.83. The summed E-state index contributed by atoms with van der Waals surface area (Å²) in [6, 6.07) is 8.48. The number of carbonyl (C=O) groups excluding carboxylic acids is 1. The predicted molar refractivity (Wildman–Crippen MR) is 46.6 cm³/mol. The molecular formula is C9H9ClO. The second-order valence-electron chi connectivity index (χ2n) is 2.29. The highest BCUT2D eigenvalue weighted by atomic mass is 35.5. The van der Waals surface area contributed by atoms with Gasteiger partial charge in [-0.05, 0) is 22.7 Å². The van der Waals surface area contributed by atoms with Gasteiger partial charge >= 0.3 is 0 Å². The lowest BCUT2D eigenvalue weighted by atomic mass is 9.95. The molecule has 0 bridgehead atoms. The Kier molecular flexibility index (Phi) is 2.66. The van der Waals surface area contributed by atoms with Gasteiger partial charge in [-0.1, -0.05) is 31.2 Å². The van der Waals surface area contributed by atoms with Crippen molar-refractivity contribution in [1.29, 1.82) is 0 Å². The Balaban J connectivity index is 0.000000114. The second-order valence-corrected chi connectivity index (χ2v) is 2.71. The third-order valence-corrected chi connectivity index (χ3v) is 1.76. The summed E-state index contributed by atoms with van der Waals surface area (Å²) >= 11 is 4.82. The van der Waals surface area contributed by atoms with Crippen molar-refractivity contribution in [2.75, 3.05) is 0 Å². The quantitative estimate of drug-likeness (QED) is 0.599. The molecule has 2 rings (SSSR count). The molecule has 0 aliphatic heterocycles. The van der Waals surface area contributed by atoms with Crippen molar-refractivity contribution in [2.45, 2.75) is 13.3 Å². The van der Waals surface area contributed by atoms with Gasteiger partial charge in [0.2, 0.25) is 5.24 Å². The van der Waals surface area contributed by atoms with Crippen molar-refractivity contribution >= 4 is 16.8 Å². The molecule has 0 N–H and O–H groups in total. The van der Waals surface area contributed by atoms with Gasteiger partial charge in [-0.15, -0.1) is 0 Å². The van der Waals surface area contributed by atoms with Gasteiger partial charge in [0.15, 0.2) is 0 Å². The third kappa shape index (κ3) is 2.05. The highest BCUT2D eigenvalue weighted by Crippen LogP contribution is 2.29. The van der Waals surface area contributed by atoms with Crippen molar-refractivity contribution in [3.63, 3.8) is 0 Å². The molecule has 0 aromatic carbocycles. The molecule has 11 heavy (non-hydrogen) atoms. The molecular weight excluding hydrogens is 160 g/mol. The van der Waals surface area contributed by atoms with E-state index in [0.717, 1.165) is 0 Å². The Labute approximate surface area is 71.0 Å². The summed E-state index contributed by atoms with van der Waals surface area (Å²) < 4.78 is 0. The Hall–Kier alpha value is -0.820. The van der Waals surface area contributed by atoms with E-state index in [-0.39, 0.29) is 5.24 Å². The molecule has 0 atom stereocenters. The molecule has 0 spiro atoms. The van der Waals surface area contributed by atoms with E-state index in [2.05, 4.69) is 24.3 Å². The van der Waals surface area contributed by atoms with Crippen LogP contribution >= 0.6 is 11.6 Å². The normalized spacial score (nSPS) is 9.64. The van der Waals surface area contributed by atoms with Gasteiger partial charge in [0.1, 0.15) is 0 Å². The van der Waals surface area contributed by atoms with Crippen LogP contribution < -0.4 is 0 Å². The molecule has 1 nitrogen and oxygen atoms in total. The summed E-state index contributed by atoms with van der Waals surface area (Å²) in [6.07, 6.45) is 0.432. The maximum atomic E-state index is 9.58. The summed E-state index contributed by atoms with van der Waals surface area (Å²) in [5.74, 6) is 0. The lowest BCUT2D eigenvalue weighted by Gasteiger charge is -2.10. The van der Waals surface area contributed by atoms with Gasteiger partial charge in [0.25, 0.3) is 0 Å². The zero-order chi connectivity index (χ0) is 8.27. The van der Waals surface area contributed by atoms with Crippen molar-refractivity contribution in [3.05, 3.63) is 24.3 Å². The number of benzene rings is 1. The number of halogens is 1. The SMILES string of the molecule is CCC(=O)Cl.c1cc2ccc1-2. The zero-order valence-corrected chi connectivity index (χ0v) is 7.06. The van der Waals surface area contributed by atoms with E-state index in [4.69, 9.17) is 11.6 Å². The first-order chi connectivity index (χ1) is 5.24. The van der Waals surface area contributed by atoms with Crippen molar-refractivity contribution in [1.82, 2.24) is 0 Å². The summed E-state index contributed by atoms with van der Waals surface area (Å²) in [5, 5.41) is -0.273. The maximum absolute atomic E-state index is 9.58. The molecule has 0 saturated carbocycles. The van der Waals surface area contributed by atoms with Crippen LogP contribution in [-0.2, 0) is 4.79 Å². The second kappa shape index (κ2) is 3.54. The molecule has 2 aliphatic rings. The van der Waals surface area contributed by atoms with E-state index in [1.54, 1.807) is 6.92 Å². The fraction of sp³-hybridized carbons (Fsp3) is 0.222. The standard InChI is InChI=1S/C6H4.C3H5ClO/c1-2-6-4-3-5(1)6;1-2-3(4)5/h1-4H;2H2,1H3. The summed E-state index contributed by atoms with van der Waals surface area (Å²) in [4.78, 5) is 9.58. The number of hydrogen-bond donors (Lipinski definition) is 0. The summed E-state index contributed by atoms with van der Waals surface area (Å²) in [7, 11) is 0. The highest BCUT2D eigenvalue weighted by Gasteiger charge is 2.03. The van der Waals surface area contributed by atoms with Crippen molar-refractivity contribution in [2.24, 2.45) is 0 Å². The van der Waals surface area contributed by atoms with Crippen LogP contribution in [0.4, 0.5) is 0 Å². The van der Waals surface area contributed by atoms with Crippen LogP contribution in [0.15, 0.2) is 24.3 Å². The van der Waals surface area contributed by atoms with Crippen molar-refractivity contribution in [3.8, 4) is 11.1 Å². The Bertz CT molecular complexity index is 230. The molecule has 2 aliphatic carbocycles. The first-order valence-corrected chi connectivity index (χ1v) is 3.90. The summed E-state index contributed by atoms with van der Waals surface area (Å²) in [5.41, 5.74) is 2.85. The molecule has 0 aromatic heterocycles. The number of carbonyl (C=O) groups is 1. The van der Waals surface area contributed by atoms with Crippen LogP contribution in [0.25, 0.3) is 11.1 Å². The lowest BCUT2D eigenvalue weighted by molar-refractivity contribution is -0.111. The summed E-state index contributed by atoms with van der Waals surface area (Å²) in [6.45, 7) is 1.72. The Morgan fingerprint density at radius 2 is 1.55 bits per heavy atom. The molecule has 58 valence electrons. The first kappa shape index (κ1) is 8.28. The van der Waals surface area contributed by atoms with Gasteiger partial charge in [-0.25, -0.2) is 0 Å². The van der Waals surface area contributed by atoms with Gasteiger partial charge in [0.05, 0.1) is 0 Å². The highest BCUT2D eigenvalue weighted by molar-refractivity contribution is 6.63. The van der Waals surface area contributed by atoms with Gasteiger partial charge in [-0.2, -0.15) is 0 Å². The van der Waals surface area contributed by atoms with E-state index in [0.29, 0.717) is 6.42 Å². The molecule has 0 saturated heterocycles. The van der Waals surface area contributed by atoms with Crippen LogP contribution in [0.2, 0.25) is 0 Å². The van der Waals surface area contributed by atoms with Crippen molar-refractivity contribution < 1.29 is 4.79 Å². The molecule has 0 radical (unpaired) electrons. The van der Waals surface area contributed by atoms with Crippen LogP contribution in [0.5, 0.6) is 0 Å². The molecule has 2 heteroatoms. The monoisotopic (exact) mass is 168 g/mol. The Morgan fingerprint density at radius 1 is 1.27 bits per heavy atom. The van der Waals surface area contributed by atoms with E-state index in [1.807, 2.05) is 0 Å². The van der Waals surface area contributed by atoms with Gasteiger partial charge < -0.3 is 0 Å². The van der Waals surface area contributed by atoms with E-state index < -0.39 is 0 Å². The Morgan fingerprint density at radius 3 is 1.55 bits per heavy atom. The maximum Gasteiger partial charge on any atom is 0.221 e. The fourth-order valence-electron chi connectivity index (χ4n) is 0.663. The largest absolute Gasteiger partial charge is 0.281 e. The minimum Gasteiger partial charge on any atom is -0.281 e. The topological polar surface area (TPSA) is 17.1 Å². The lowest BCUT2D eigenvalue weighted by Crippen LogP contribution is -1.85. The van der Waals surface area contributed by atoms with Crippen LogP contribution in [0.3, 0.4) is 0 Å². The number of rotatable bonds is 1. The van der Waals surface area contributed by atoms with Gasteiger partial charge in [0, 0.05) is 6.42 Å². The molecule has 0 aromatic rings. The van der Waals surface area contributed by atoms with Crippen LogP contribution in [-0.4, -0.2) is 5.24 Å². The zero-order valence-electron chi connectivity index (χ0n) is 6.30. The first-order valence-electron chi connectivity index (χ1n) is 3.53. The smallest absolute Gasteiger partial charge is 0.221 e. The third-order valence-electron chi connectivity index (χ3n) is 1.50. The van der Waals surface area contributed by atoms with Gasteiger partial charge in [-0.3, -0.25) is 4.79 Å². The van der Waals surface area contributed by atoms with E-state index in [9.17, 15) is 4.79 Å². The minimum absolute atomic E-state index is 0.273. The molecule has 0 fully saturated rings. The minimum atomic E-state index is -0.273. The molecule has 0 unspecified atom stereocenters.